The molecule has 1 aliphatic rings. The fourth-order valence-corrected chi connectivity index (χ4v) is 4.23. The molecule has 0 spiro atoms. The number of ketones is 1. The number of halogens is 3. The van der Waals surface area contributed by atoms with Crippen molar-refractivity contribution in [3.8, 4) is 5.75 Å². The van der Waals surface area contributed by atoms with Gasteiger partial charge in [-0.15, -0.1) is 0 Å². The van der Waals surface area contributed by atoms with Gasteiger partial charge in [-0.1, -0.05) is 17.7 Å². The van der Waals surface area contributed by atoms with Crippen LogP contribution < -0.4 is 15.4 Å². The van der Waals surface area contributed by atoms with Crippen LogP contribution in [0.2, 0.25) is 5.02 Å². The van der Waals surface area contributed by atoms with Gasteiger partial charge >= 0.3 is 0 Å². The Morgan fingerprint density at radius 2 is 1.76 bits per heavy atom. The van der Waals surface area contributed by atoms with Crippen LogP contribution in [-0.4, -0.2) is 63.1 Å². The van der Waals surface area contributed by atoms with E-state index in [1.54, 1.807) is 12.1 Å². The second kappa shape index (κ2) is 12.1. The highest BCUT2D eigenvalue weighted by molar-refractivity contribution is 6.35. The molecule has 1 saturated heterocycles. The summed E-state index contributed by atoms with van der Waals surface area (Å²) in [6, 6.07) is 12.4. The van der Waals surface area contributed by atoms with Crippen LogP contribution in [0.15, 0.2) is 54.6 Å². The molecule has 7 nitrogen and oxygen atoms in total. The molecule has 0 saturated carbocycles. The van der Waals surface area contributed by atoms with Crippen LogP contribution in [0.3, 0.4) is 0 Å². The number of morpholine rings is 1. The van der Waals surface area contributed by atoms with Crippen molar-refractivity contribution in [2.24, 2.45) is 0 Å². The highest BCUT2D eigenvalue weighted by Gasteiger charge is 2.21. The number of nitrogens with one attached hydrogen (secondary N) is 2. The van der Waals surface area contributed by atoms with Gasteiger partial charge < -0.3 is 20.1 Å². The van der Waals surface area contributed by atoms with E-state index in [-0.39, 0.29) is 33.5 Å². The Bertz CT molecular complexity index is 1280. The summed E-state index contributed by atoms with van der Waals surface area (Å²) in [5.74, 6) is -2.03. The molecule has 1 fully saturated rings. The van der Waals surface area contributed by atoms with Crippen molar-refractivity contribution in [2.75, 3.05) is 51.8 Å². The van der Waals surface area contributed by atoms with Crippen molar-refractivity contribution in [3.63, 3.8) is 0 Å². The van der Waals surface area contributed by atoms with Gasteiger partial charge in [0.1, 0.15) is 23.1 Å². The van der Waals surface area contributed by atoms with E-state index in [2.05, 4.69) is 15.5 Å². The van der Waals surface area contributed by atoms with Gasteiger partial charge in [0.2, 0.25) is 0 Å². The number of rotatable bonds is 9. The van der Waals surface area contributed by atoms with Crippen LogP contribution in [0, 0.1) is 11.6 Å². The third kappa shape index (κ3) is 6.43. The molecule has 1 heterocycles. The van der Waals surface area contributed by atoms with E-state index in [0.29, 0.717) is 37.6 Å². The Morgan fingerprint density at radius 3 is 2.43 bits per heavy atom. The standard InChI is InChI=1S/C27H26ClF2N3O4/c1-36-24-8-5-17(27(35)31-9-10-33-11-13-37-14-12-33)15-20(24)26(34)19-7-6-18(16-21(19)28)32-25-22(29)3-2-4-23(25)30/h2-8,15-16,32H,9-14H2,1H3,(H,31,35). The zero-order valence-electron chi connectivity index (χ0n) is 20.2. The van der Waals surface area contributed by atoms with E-state index in [9.17, 15) is 18.4 Å². The molecule has 1 aliphatic heterocycles. The molecule has 1 amide bonds. The summed E-state index contributed by atoms with van der Waals surface area (Å²) >= 11 is 6.38. The monoisotopic (exact) mass is 529 g/mol. The molecule has 2 N–H and O–H groups in total. The normalized spacial score (nSPS) is 13.7. The smallest absolute Gasteiger partial charge is 0.251 e. The summed E-state index contributed by atoms with van der Waals surface area (Å²) in [6.07, 6.45) is 0. The number of carbonyl (C=O) groups excluding carboxylic acids is 2. The molecular formula is C27H26ClF2N3O4. The predicted molar refractivity (Wildman–Crippen MR) is 137 cm³/mol. The Kier molecular flexibility index (Phi) is 8.70. The topological polar surface area (TPSA) is 79.9 Å². The number of methoxy groups -OCH3 is 1. The van der Waals surface area contributed by atoms with Gasteiger partial charge in [-0.05, 0) is 48.5 Å². The SMILES string of the molecule is COc1ccc(C(=O)NCCN2CCOCC2)cc1C(=O)c1ccc(Nc2c(F)cccc2F)cc1Cl. The van der Waals surface area contributed by atoms with Gasteiger partial charge in [-0.3, -0.25) is 14.5 Å². The number of para-hydroxylation sites is 1. The second-order valence-corrected chi connectivity index (χ2v) is 8.78. The summed E-state index contributed by atoms with van der Waals surface area (Å²) < 4.78 is 38.6. The summed E-state index contributed by atoms with van der Waals surface area (Å²) in [6.45, 7) is 4.15. The lowest BCUT2D eigenvalue weighted by atomic mass is 9.99. The molecule has 0 bridgehead atoms. The predicted octanol–water partition coefficient (Wildman–Crippen LogP) is 4.66. The molecule has 37 heavy (non-hydrogen) atoms. The number of carbonyl (C=O) groups is 2. The number of nitrogens with zero attached hydrogens (tertiary/aromatic N) is 1. The van der Waals surface area contributed by atoms with E-state index >= 15 is 0 Å². The fourth-order valence-electron chi connectivity index (χ4n) is 3.96. The molecular weight excluding hydrogens is 504 g/mol. The molecule has 0 unspecified atom stereocenters. The molecule has 0 atom stereocenters. The number of hydrogen-bond donors (Lipinski definition) is 2. The molecule has 10 heteroatoms. The summed E-state index contributed by atoms with van der Waals surface area (Å²) in [5, 5.41) is 5.58. The second-order valence-electron chi connectivity index (χ2n) is 8.37. The van der Waals surface area contributed by atoms with Crippen LogP contribution >= 0.6 is 11.6 Å². The zero-order chi connectivity index (χ0) is 26.4. The summed E-state index contributed by atoms with van der Waals surface area (Å²) in [5.41, 5.74) is 0.573. The molecule has 4 rings (SSSR count). The Labute approximate surface area is 218 Å². The maximum atomic E-state index is 14.0. The molecule has 3 aromatic carbocycles. The average Bonchev–Trinajstić information content (AvgIpc) is 2.90. The molecule has 0 radical (unpaired) electrons. The lowest BCUT2D eigenvalue weighted by Gasteiger charge is -2.26. The fraction of sp³-hybridized carbons (Fsp3) is 0.259. The Hall–Kier alpha value is -3.53. The zero-order valence-corrected chi connectivity index (χ0v) is 20.9. The van der Waals surface area contributed by atoms with Crippen molar-refractivity contribution in [3.05, 3.63) is 87.9 Å². The first-order chi connectivity index (χ1) is 17.9. The van der Waals surface area contributed by atoms with Gasteiger partial charge in [0.25, 0.3) is 5.91 Å². The van der Waals surface area contributed by atoms with Gasteiger partial charge in [0.05, 0.1) is 30.9 Å². The lowest BCUT2D eigenvalue weighted by molar-refractivity contribution is 0.0383. The summed E-state index contributed by atoms with van der Waals surface area (Å²) in [4.78, 5) is 28.3. The Morgan fingerprint density at radius 1 is 1.03 bits per heavy atom. The van der Waals surface area contributed by atoms with Crippen LogP contribution in [0.5, 0.6) is 5.75 Å². The first-order valence-corrected chi connectivity index (χ1v) is 12.1. The van der Waals surface area contributed by atoms with E-state index in [4.69, 9.17) is 21.1 Å². The number of ether oxygens (including phenoxy) is 2. The minimum absolute atomic E-state index is 0.0640. The number of hydrogen-bond acceptors (Lipinski definition) is 6. The third-order valence-electron chi connectivity index (χ3n) is 5.97. The van der Waals surface area contributed by atoms with Crippen LogP contribution in [-0.2, 0) is 4.74 Å². The van der Waals surface area contributed by atoms with Gasteiger partial charge in [0, 0.05) is 43.0 Å². The van der Waals surface area contributed by atoms with Crippen LogP contribution in [0.1, 0.15) is 26.3 Å². The number of amides is 1. The van der Waals surface area contributed by atoms with E-state index in [1.165, 1.54) is 37.4 Å². The number of anilines is 2. The van der Waals surface area contributed by atoms with Gasteiger partial charge in [-0.25, -0.2) is 8.78 Å². The minimum atomic E-state index is -0.763. The third-order valence-corrected chi connectivity index (χ3v) is 6.28. The first kappa shape index (κ1) is 26.5. The summed E-state index contributed by atoms with van der Waals surface area (Å²) in [7, 11) is 1.42. The van der Waals surface area contributed by atoms with Crippen molar-refractivity contribution >= 4 is 34.7 Å². The highest BCUT2D eigenvalue weighted by atomic mass is 35.5. The lowest BCUT2D eigenvalue weighted by Crippen LogP contribution is -2.41. The Balaban J connectivity index is 1.49. The molecule has 0 aromatic heterocycles. The molecule has 3 aromatic rings. The molecule has 194 valence electrons. The van der Waals surface area contributed by atoms with E-state index in [0.717, 1.165) is 25.2 Å². The van der Waals surface area contributed by atoms with E-state index in [1.807, 2.05) is 0 Å². The van der Waals surface area contributed by atoms with Gasteiger partial charge in [-0.2, -0.15) is 0 Å². The van der Waals surface area contributed by atoms with E-state index < -0.39 is 17.4 Å². The van der Waals surface area contributed by atoms with Crippen LogP contribution in [0.4, 0.5) is 20.2 Å². The van der Waals surface area contributed by atoms with Crippen molar-refractivity contribution in [1.29, 1.82) is 0 Å². The highest BCUT2D eigenvalue weighted by Crippen LogP contribution is 2.30. The maximum Gasteiger partial charge on any atom is 0.251 e. The van der Waals surface area contributed by atoms with Crippen molar-refractivity contribution in [1.82, 2.24) is 10.2 Å². The van der Waals surface area contributed by atoms with Gasteiger partial charge in [0.15, 0.2) is 5.78 Å². The quantitative estimate of drug-likeness (QED) is 0.392. The van der Waals surface area contributed by atoms with Crippen LogP contribution in [0.25, 0.3) is 0 Å². The number of benzene rings is 3. The largest absolute Gasteiger partial charge is 0.496 e. The average molecular weight is 530 g/mol. The minimum Gasteiger partial charge on any atom is -0.496 e. The first-order valence-electron chi connectivity index (χ1n) is 11.7. The van der Waals surface area contributed by atoms with Crippen molar-refractivity contribution in [2.45, 2.75) is 0 Å². The van der Waals surface area contributed by atoms with Crippen molar-refractivity contribution < 1.29 is 27.8 Å². The molecule has 0 aliphatic carbocycles. The maximum absolute atomic E-state index is 14.0.